The lowest BCUT2D eigenvalue weighted by molar-refractivity contribution is -0.144. The summed E-state index contributed by atoms with van der Waals surface area (Å²) < 4.78 is 5.20. The van der Waals surface area contributed by atoms with Crippen molar-refractivity contribution in [1.82, 2.24) is 0 Å². The van der Waals surface area contributed by atoms with E-state index in [0.29, 0.717) is 6.42 Å². The summed E-state index contributed by atoms with van der Waals surface area (Å²) >= 11 is 0. The summed E-state index contributed by atoms with van der Waals surface area (Å²) in [5.74, 6) is -1.59. The zero-order chi connectivity index (χ0) is 22.2. The average molecular weight is 429 g/mol. The number of unbranched alkanes of at least 4 members (excludes halogenated alkanes) is 10. The maximum absolute atomic E-state index is 11.5. The molecule has 1 fully saturated rings. The van der Waals surface area contributed by atoms with E-state index in [1.54, 1.807) is 0 Å². The number of carboxylic acid groups (broad SMARTS) is 1. The van der Waals surface area contributed by atoms with Gasteiger partial charge in [-0.15, -0.1) is 0 Å². The van der Waals surface area contributed by atoms with Gasteiger partial charge < -0.3 is 25.2 Å². The number of aliphatic carboxylic acids is 1. The van der Waals surface area contributed by atoms with Crippen LogP contribution < -0.4 is 0 Å². The molecule has 1 aliphatic rings. The van der Waals surface area contributed by atoms with Crippen molar-refractivity contribution in [2.75, 3.05) is 6.61 Å². The van der Waals surface area contributed by atoms with Crippen LogP contribution in [-0.2, 0) is 9.53 Å². The van der Waals surface area contributed by atoms with Crippen molar-refractivity contribution in [2.24, 2.45) is 5.92 Å². The van der Waals surface area contributed by atoms with Crippen molar-refractivity contribution in [3.8, 4) is 0 Å². The molecule has 6 nitrogen and oxygen atoms in total. The molecule has 1 rings (SSSR count). The summed E-state index contributed by atoms with van der Waals surface area (Å²) in [7, 11) is 0. The lowest BCUT2D eigenvalue weighted by Gasteiger charge is -2.23. The first-order valence-electron chi connectivity index (χ1n) is 12.0. The van der Waals surface area contributed by atoms with E-state index in [4.69, 9.17) is 4.74 Å². The molecule has 1 unspecified atom stereocenters. The molecule has 1 saturated heterocycles. The van der Waals surface area contributed by atoms with Crippen molar-refractivity contribution < 1.29 is 30.0 Å². The minimum atomic E-state index is -1.16. The molecular formula is C24H44O6. The van der Waals surface area contributed by atoms with Gasteiger partial charge in [0.1, 0.15) is 18.3 Å². The number of rotatable bonds is 18. The molecular weight excluding hydrogens is 384 g/mol. The van der Waals surface area contributed by atoms with Crippen molar-refractivity contribution in [3.05, 3.63) is 12.2 Å². The van der Waals surface area contributed by atoms with Gasteiger partial charge in [-0.25, -0.2) is 0 Å². The van der Waals surface area contributed by atoms with Gasteiger partial charge in [0, 0.05) is 0 Å². The number of ether oxygens (including phenoxy) is 1. The Morgan fingerprint density at radius 3 is 2.07 bits per heavy atom. The fourth-order valence-corrected chi connectivity index (χ4v) is 4.02. The first-order valence-corrected chi connectivity index (χ1v) is 12.0. The van der Waals surface area contributed by atoms with Gasteiger partial charge in [-0.3, -0.25) is 4.79 Å². The van der Waals surface area contributed by atoms with Crippen LogP contribution in [0.4, 0.5) is 0 Å². The number of hydrogen-bond donors (Lipinski definition) is 4. The highest BCUT2D eigenvalue weighted by molar-refractivity contribution is 5.69. The summed E-state index contributed by atoms with van der Waals surface area (Å²) in [4.78, 5) is 11.5. The van der Waals surface area contributed by atoms with Gasteiger partial charge in [-0.2, -0.15) is 0 Å². The smallest absolute Gasteiger partial charge is 0.306 e. The van der Waals surface area contributed by atoms with E-state index in [1.807, 2.05) is 0 Å². The zero-order valence-corrected chi connectivity index (χ0v) is 18.8. The normalized spacial score (nSPS) is 23.8. The number of carboxylic acids is 1. The van der Waals surface area contributed by atoms with Crippen molar-refractivity contribution in [2.45, 2.75) is 121 Å². The number of hydrogen-bond acceptors (Lipinski definition) is 5. The highest BCUT2D eigenvalue weighted by Gasteiger charge is 2.40. The van der Waals surface area contributed by atoms with Gasteiger partial charge in [-0.05, 0) is 38.5 Å². The first-order chi connectivity index (χ1) is 14.5. The van der Waals surface area contributed by atoms with E-state index >= 15 is 0 Å². The van der Waals surface area contributed by atoms with Crippen molar-refractivity contribution in [3.63, 3.8) is 0 Å². The third-order valence-corrected chi connectivity index (χ3v) is 6.01. The van der Waals surface area contributed by atoms with Gasteiger partial charge in [0.15, 0.2) is 0 Å². The van der Waals surface area contributed by atoms with Gasteiger partial charge in [0.05, 0.1) is 18.6 Å². The molecule has 5 atom stereocenters. The minimum absolute atomic E-state index is 0.0327. The van der Waals surface area contributed by atoms with E-state index in [2.05, 4.69) is 19.1 Å². The first kappa shape index (κ1) is 27.1. The van der Waals surface area contributed by atoms with Gasteiger partial charge in [0.25, 0.3) is 0 Å². The molecule has 0 aromatic heterocycles. The molecule has 1 aliphatic heterocycles. The molecule has 0 aliphatic carbocycles. The molecule has 6 heteroatoms. The van der Waals surface area contributed by atoms with Gasteiger partial charge in [-0.1, -0.05) is 70.4 Å². The fourth-order valence-electron chi connectivity index (χ4n) is 4.02. The molecule has 176 valence electrons. The third kappa shape index (κ3) is 11.4. The Balaban J connectivity index is 2.06. The molecule has 0 radical (unpaired) electrons. The lowest BCUT2D eigenvalue weighted by Crippen LogP contribution is -2.40. The molecule has 4 N–H and O–H groups in total. The Bertz CT molecular complexity index is 467. The lowest BCUT2D eigenvalue weighted by atomic mass is 9.91. The number of allylic oxidation sites excluding steroid dienone is 2. The van der Waals surface area contributed by atoms with Crippen LogP contribution in [0.1, 0.15) is 96.8 Å². The van der Waals surface area contributed by atoms with Crippen molar-refractivity contribution >= 4 is 5.97 Å². The Morgan fingerprint density at radius 2 is 1.53 bits per heavy atom. The highest BCUT2D eigenvalue weighted by atomic mass is 16.5. The third-order valence-electron chi connectivity index (χ3n) is 6.01. The van der Waals surface area contributed by atoms with E-state index in [0.717, 1.165) is 32.1 Å². The Hall–Kier alpha value is -0.950. The summed E-state index contributed by atoms with van der Waals surface area (Å²) in [5.41, 5.74) is 0. The van der Waals surface area contributed by atoms with Crippen LogP contribution in [0, 0.1) is 5.92 Å². The van der Waals surface area contributed by atoms with E-state index in [9.17, 15) is 25.2 Å². The molecule has 0 aromatic carbocycles. The van der Waals surface area contributed by atoms with Crippen LogP contribution in [-0.4, -0.2) is 57.4 Å². The topological polar surface area (TPSA) is 107 Å². The molecule has 0 bridgehead atoms. The minimum Gasteiger partial charge on any atom is -0.481 e. The summed E-state index contributed by atoms with van der Waals surface area (Å²) in [6.45, 7) is 2.21. The Kier molecular flexibility index (Phi) is 15.1. The van der Waals surface area contributed by atoms with Crippen LogP contribution in [0.3, 0.4) is 0 Å². The maximum atomic E-state index is 11.5. The zero-order valence-electron chi connectivity index (χ0n) is 18.8. The second kappa shape index (κ2) is 16.7. The van der Waals surface area contributed by atoms with Crippen LogP contribution in [0.2, 0.25) is 0 Å². The van der Waals surface area contributed by atoms with Crippen LogP contribution in [0.5, 0.6) is 0 Å². The number of aliphatic hydroxyl groups excluding tert-OH is 3. The summed E-state index contributed by atoms with van der Waals surface area (Å²) in [6.07, 6.45) is 15.1. The summed E-state index contributed by atoms with van der Waals surface area (Å²) in [5, 5.41) is 38.9. The number of aliphatic hydroxyl groups is 3. The standard InChI is InChI=1S/C24H44O6/c1-2-3-4-5-6-7-8-9-10-11-12-13-14-15-16-19(24(28)29)17-20(25)23-22(27)21(26)18-30-23/h9-10,19-23,25-27H,2-8,11-18H2,1H3,(H,28,29)/t19?,20-,21+,22-,23-/m1/s1. The van der Waals surface area contributed by atoms with E-state index in [1.165, 1.54) is 44.9 Å². The van der Waals surface area contributed by atoms with Crippen LogP contribution in [0.15, 0.2) is 12.2 Å². The monoisotopic (exact) mass is 428 g/mol. The van der Waals surface area contributed by atoms with Crippen molar-refractivity contribution in [1.29, 1.82) is 0 Å². The average Bonchev–Trinajstić information content (AvgIpc) is 3.05. The second-order valence-corrected chi connectivity index (χ2v) is 8.71. The maximum Gasteiger partial charge on any atom is 0.306 e. The SMILES string of the molecule is CCCCCCCCC=CCCCCCCC(C[C@@H](O)[C@H]1OC[C@H](O)[C@H]1O)C(=O)O. The molecule has 0 amide bonds. The van der Waals surface area contributed by atoms with E-state index in [-0.39, 0.29) is 13.0 Å². The predicted molar refractivity (Wildman–Crippen MR) is 118 cm³/mol. The molecule has 0 saturated carbocycles. The second-order valence-electron chi connectivity index (χ2n) is 8.71. The predicted octanol–water partition coefficient (Wildman–Crippen LogP) is 4.21. The van der Waals surface area contributed by atoms with Crippen LogP contribution in [0.25, 0.3) is 0 Å². The Labute approximate surface area is 182 Å². The largest absolute Gasteiger partial charge is 0.481 e. The molecule has 30 heavy (non-hydrogen) atoms. The Morgan fingerprint density at radius 1 is 0.967 bits per heavy atom. The highest BCUT2D eigenvalue weighted by Crippen LogP contribution is 2.24. The molecule has 0 aromatic rings. The van der Waals surface area contributed by atoms with Crippen LogP contribution >= 0.6 is 0 Å². The van der Waals surface area contributed by atoms with Gasteiger partial charge in [0.2, 0.25) is 0 Å². The molecule has 0 spiro atoms. The summed E-state index contributed by atoms with van der Waals surface area (Å²) in [6, 6.07) is 0. The van der Waals surface area contributed by atoms with Gasteiger partial charge >= 0.3 is 5.97 Å². The van der Waals surface area contributed by atoms with E-state index < -0.39 is 36.3 Å². The fraction of sp³-hybridized carbons (Fsp3) is 0.875. The quantitative estimate of drug-likeness (QED) is 0.192. The number of carbonyl (C=O) groups is 1. The molecule has 1 heterocycles.